The van der Waals surface area contributed by atoms with E-state index in [9.17, 15) is 9.59 Å². The van der Waals surface area contributed by atoms with E-state index >= 15 is 0 Å². The molecule has 3 aliphatic heterocycles. The van der Waals surface area contributed by atoms with E-state index < -0.39 is 11.8 Å². The van der Waals surface area contributed by atoms with Crippen molar-refractivity contribution >= 4 is 11.9 Å². The Balaban J connectivity index is 1.77. The van der Waals surface area contributed by atoms with Crippen LogP contribution in [-0.4, -0.2) is 48.6 Å². The van der Waals surface area contributed by atoms with E-state index in [2.05, 4.69) is 0 Å². The number of hydrogen-bond donors (Lipinski definition) is 1. The molecule has 3 fully saturated rings. The zero-order valence-electron chi connectivity index (χ0n) is 11.5. The van der Waals surface area contributed by atoms with Crippen LogP contribution in [0.1, 0.15) is 26.2 Å². The second-order valence-corrected chi connectivity index (χ2v) is 5.72. The van der Waals surface area contributed by atoms with Crippen LogP contribution in [0.4, 0.5) is 0 Å². The quantitative estimate of drug-likeness (QED) is 0.705. The minimum atomic E-state index is -0.540. The van der Waals surface area contributed by atoms with E-state index in [0.29, 0.717) is 19.4 Å². The molecular weight excluding hydrogens is 264 g/mol. The molecule has 20 heavy (non-hydrogen) atoms. The van der Waals surface area contributed by atoms with Crippen LogP contribution in [0.15, 0.2) is 0 Å². The van der Waals surface area contributed by atoms with Gasteiger partial charge in [0, 0.05) is 12.5 Å². The van der Waals surface area contributed by atoms with Gasteiger partial charge in [-0.05, 0) is 19.3 Å². The molecule has 6 atom stereocenters. The van der Waals surface area contributed by atoms with Crippen LogP contribution in [0.2, 0.25) is 0 Å². The Morgan fingerprint density at radius 1 is 1.35 bits per heavy atom. The van der Waals surface area contributed by atoms with E-state index in [4.69, 9.17) is 19.3 Å². The van der Waals surface area contributed by atoms with Crippen LogP contribution in [0.5, 0.6) is 0 Å². The smallest absolute Gasteiger partial charge is 0.313 e. The number of ether oxygens (including phenoxy) is 3. The predicted molar refractivity (Wildman–Crippen MR) is 66.6 cm³/mol. The average molecular weight is 284 g/mol. The Bertz CT molecular complexity index is 408. The van der Waals surface area contributed by atoms with Crippen LogP contribution in [-0.2, 0) is 23.8 Å². The van der Waals surface area contributed by atoms with Crippen molar-refractivity contribution in [3.63, 3.8) is 0 Å². The molecule has 112 valence electrons. The van der Waals surface area contributed by atoms with Gasteiger partial charge < -0.3 is 19.3 Å². The molecule has 3 aliphatic rings. The third-order valence-corrected chi connectivity index (χ3v) is 4.52. The SMILES string of the molecule is CCCOC(=O)C1C2OC3C(OC(=O)C31)C2CCCO. The molecule has 0 amide bonds. The van der Waals surface area contributed by atoms with Gasteiger partial charge in [-0.15, -0.1) is 0 Å². The molecule has 0 aliphatic carbocycles. The molecule has 0 aromatic heterocycles. The van der Waals surface area contributed by atoms with Crippen LogP contribution in [0.25, 0.3) is 0 Å². The van der Waals surface area contributed by atoms with Crippen LogP contribution < -0.4 is 0 Å². The summed E-state index contributed by atoms with van der Waals surface area (Å²) in [6, 6.07) is 0. The summed E-state index contributed by atoms with van der Waals surface area (Å²) in [6.45, 7) is 2.37. The second-order valence-electron chi connectivity index (χ2n) is 5.72. The maximum absolute atomic E-state index is 12.2. The molecular formula is C14H20O6. The highest BCUT2D eigenvalue weighted by Gasteiger charge is 2.70. The van der Waals surface area contributed by atoms with E-state index in [1.54, 1.807) is 0 Å². The van der Waals surface area contributed by atoms with Crippen molar-refractivity contribution < 1.29 is 28.9 Å². The van der Waals surface area contributed by atoms with Gasteiger partial charge in [0.05, 0.1) is 18.6 Å². The van der Waals surface area contributed by atoms with Gasteiger partial charge in [-0.2, -0.15) is 0 Å². The lowest BCUT2D eigenvalue weighted by atomic mass is 9.73. The maximum Gasteiger partial charge on any atom is 0.313 e. The van der Waals surface area contributed by atoms with Crippen molar-refractivity contribution in [1.29, 1.82) is 0 Å². The first-order chi connectivity index (χ1) is 9.69. The fourth-order valence-corrected chi connectivity index (χ4v) is 3.72. The number of aliphatic hydroxyl groups excluding tert-OH is 1. The largest absolute Gasteiger partial charge is 0.465 e. The summed E-state index contributed by atoms with van der Waals surface area (Å²) < 4.78 is 16.4. The summed E-state index contributed by atoms with van der Waals surface area (Å²) >= 11 is 0. The summed E-state index contributed by atoms with van der Waals surface area (Å²) in [7, 11) is 0. The standard InChI is InChI=1S/C14H20O6/c1-2-6-18-13(16)8-9-12-11(20-14(9)17)7(4-3-5-15)10(8)19-12/h7-12,15H,2-6H2,1H3. The number of fused-ring (bicyclic) bond motifs is 1. The fourth-order valence-electron chi connectivity index (χ4n) is 3.72. The Morgan fingerprint density at radius 3 is 2.85 bits per heavy atom. The minimum absolute atomic E-state index is 0.00553. The van der Waals surface area contributed by atoms with Crippen LogP contribution in [0.3, 0.4) is 0 Å². The molecule has 3 heterocycles. The topological polar surface area (TPSA) is 82.1 Å². The highest BCUT2D eigenvalue weighted by molar-refractivity contribution is 5.86. The monoisotopic (exact) mass is 284 g/mol. The maximum atomic E-state index is 12.2. The Morgan fingerprint density at radius 2 is 2.15 bits per heavy atom. The number of esters is 2. The average Bonchev–Trinajstić information content (AvgIpc) is 3.04. The van der Waals surface area contributed by atoms with Gasteiger partial charge in [-0.25, -0.2) is 0 Å². The molecule has 6 unspecified atom stereocenters. The summed E-state index contributed by atoms with van der Waals surface area (Å²) in [5.41, 5.74) is 0. The van der Waals surface area contributed by atoms with Gasteiger partial charge in [0.1, 0.15) is 18.1 Å². The molecule has 6 nitrogen and oxygen atoms in total. The molecule has 3 saturated heterocycles. The second kappa shape index (κ2) is 5.33. The first kappa shape index (κ1) is 13.8. The summed E-state index contributed by atoms with van der Waals surface area (Å²) in [5.74, 6) is -1.74. The predicted octanol–water partition coefficient (Wildman–Crippen LogP) is 0.267. The molecule has 0 aromatic rings. The summed E-state index contributed by atoms with van der Waals surface area (Å²) in [5, 5.41) is 8.97. The number of aliphatic hydroxyl groups is 1. The lowest BCUT2D eigenvalue weighted by Gasteiger charge is -2.27. The zero-order valence-corrected chi connectivity index (χ0v) is 11.5. The number of rotatable bonds is 6. The fraction of sp³-hybridized carbons (Fsp3) is 0.857. The van der Waals surface area contributed by atoms with Gasteiger partial charge in [0.15, 0.2) is 0 Å². The van der Waals surface area contributed by atoms with Crippen molar-refractivity contribution in [1.82, 2.24) is 0 Å². The number of carbonyl (C=O) groups excluding carboxylic acids is 2. The van der Waals surface area contributed by atoms with E-state index in [0.717, 1.165) is 6.42 Å². The highest BCUT2D eigenvalue weighted by Crippen LogP contribution is 2.54. The third-order valence-electron chi connectivity index (χ3n) is 4.52. The van der Waals surface area contributed by atoms with Gasteiger partial charge in [-0.1, -0.05) is 6.92 Å². The Kier molecular flexibility index (Phi) is 3.69. The van der Waals surface area contributed by atoms with Crippen molar-refractivity contribution in [2.24, 2.45) is 17.8 Å². The van der Waals surface area contributed by atoms with Gasteiger partial charge in [-0.3, -0.25) is 9.59 Å². The molecule has 0 aromatic carbocycles. The zero-order chi connectivity index (χ0) is 14.3. The first-order valence-electron chi connectivity index (χ1n) is 7.32. The van der Waals surface area contributed by atoms with Crippen molar-refractivity contribution in [3.05, 3.63) is 0 Å². The lowest BCUT2D eigenvalue weighted by Crippen LogP contribution is -2.43. The van der Waals surface area contributed by atoms with Crippen LogP contribution in [0, 0.1) is 17.8 Å². The third kappa shape index (κ3) is 1.93. The summed E-state index contributed by atoms with van der Waals surface area (Å²) in [4.78, 5) is 24.1. The Labute approximate surface area is 117 Å². The Hall–Kier alpha value is -1.14. The normalized spacial score (nSPS) is 41.0. The molecule has 0 radical (unpaired) electrons. The van der Waals surface area contributed by atoms with Crippen molar-refractivity contribution in [3.8, 4) is 0 Å². The molecule has 6 heteroatoms. The van der Waals surface area contributed by atoms with Gasteiger partial charge >= 0.3 is 11.9 Å². The molecule has 0 saturated carbocycles. The lowest BCUT2D eigenvalue weighted by molar-refractivity contribution is -0.155. The van der Waals surface area contributed by atoms with Crippen LogP contribution >= 0.6 is 0 Å². The number of carbonyl (C=O) groups is 2. The molecule has 3 rings (SSSR count). The van der Waals surface area contributed by atoms with Crippen molar-refractivity contribution in [2.45, 2.75) is 44.5 Å². The van der Waals surface area contributed by atoms with Gasteiger partial charge in [0.25, 0.3) is 0 Å². The van der Waals surface area contributed by atoms with E-state index in [-0.39, 0.29) is 42.8 Å². The number of hydrogen-bond acceptors (Lipinski definition) is 6. The van der Waals surface area contributed by atoms with Crippen molar-refractivity contribution in [2.75, 3.05) is 13.2 Å². The summed E-state index contributed by atoms with van der Waals surface area (Å²) in [6.07, 6.45) is 1.19. The first-order valence-corrected chi connectivity index (χ1v) is 7.32. The minimum Gasteiger partial charge on any atom is -0.465 e. The highest BCUT2D eigenvalue weighted by atomic mass is 16.6. The van der Waals surface area contributed by atoms with E-state index in [1.165, 1.54) is 0 Å². The molecule has 2 bridgehead atoms. The molecule has 1 N–H and O–H groups in total. The molecule has 0 spiro atoms. The van der Waals surface area contributed by atoms with E-state index in [1.807, 2.05) is 6.92 Å². The van der Waals surface area contributed by atoms with Gasteiger partial charge in [0.2, 0.25) is 0 Å².